The third-order valence-corrected chi connectivity index (χ3v) is 3.83. The fourth-order valence-electron chi connectivity index (χ4n) is 2.47. The lowest BCUT2D eigenvalue weighted by Crippen LogP contribution is -2.33. The quantitative estimate of drug-likeness (QED) is 0.759. The van der Waals surface area contributed by atoms with Gasteiger partial charge in [0.15, 0.2) is 5.69 Å². The summed E-state index contributed by atoms with van der Waals surface area (Å²) in [5.74, 6) is -0.197. The maximum atomic E-state index is 12.3. The molecule has 1 amide bonds. The Hall–Kier alpha value is -2.95. The summed E-state index contributed by atoms with van der Waals surface area (Å²) in [5.41, 5.74) is 2.47. The summed E-state index contributed by atoms with van der Waals surface area (Å²) in [6, 6.07) is 19.9. The fraction of sp³-hybridized carbons (Fsp3) is 0.211. The monoisotopic (exact) mass is 320 g/mol. The van der Waals surface area contributed by atoms with Crippen molar-refractivity contribution in [3.05, 3.63) is 78.1 Å². The summed E-state index contributed by atoms with van der Waals surface area (Å²) < 4.78 is 1.60. The van der Waals surface area contributed by atoms with Crippen LogP contribution in [0.1, 0.15) is 29.4 Å². The normalized spacial score (nSPS) is 11.9. The average Bonchev–Trinajstić information content (AvgIpc) is 3.12. The van der Waals surface area contributed by atoms with Crippen LogP contribution in [-0.4, -0.2) is 26.9 Å². The Balaban J connectivity index is 1.56. The number of nitrogens with one attached hydrogen (secondary N) is 1. The average molecular weight is 320 g/mol. The van der Waals surface area contributed by atoms with Crippen LogP contribution in [0.5, 0.6) is 0 Å². The van der Waals surface area contributed by atoms with Gasteiger partial charge in [0.05, 0.1) is 11.9 Å². The number of amides is 1. The Labute approximate surface area is 141 Å². The van der Waals surface area contributed by atoms with Gasteiger partial charge in [-0.2, -0.15) is 0 Å². The third kappa shape index (κ3) is 4.07. The standard InChI is InChI=1S/C19H20N4O/c1-15(12-13-16-8-4-2-5-9-16)20-19(24)18-14-23(22-21-18)17-10-6-3-7-11-17/h2-11,14-15H,12-13H2,1H3,(H,20,24). The number of para-hydroxylation sites is 1. The molecule has 1 N–H and O–H groups in total. The topological polar surface area (TPSA) is 59.8 Å². The molecule has 0 aliphatic carbocycles. The van der Waals surface area contributed by atoms with E-state index in [1.54, 1.807) is 10.9 Å². The molecule has 122 valence electrons. The van der Waals surface area contributed by atoms with Crippen molar-refractivity contribution in [1.82, 2.24) is 20.3 Å². The van der Waals surface area contributed by atoms with Crippen molar-refractivity contribution in [2.45, 2.75) is 25.8 Å². The molecule has 1 heterocycles. The van der Waals surface area contributed by atoms with Crippen LogP contribution in [0.2, 0.25) is 0 Å². The summed E-state index contributed by atoms with van der Waals surface area (Å²) in [7, 11) is 0. The molecule has 2 aromatic carbocycles. The minimum atomic E-state index is -0.197. The van der Waals surface area contributed by atoms with E-state index in [0.717, 1.165) is 18.5 Å². The van der Waals surface area contributed by atoms with Gasteiger partial charge in [0.25, 0.3) is 5.91 Å². The van der Waals surface area contributed by atoms with Crippen molar-refractivity contribution >= 4 is 5.91 Å². The van der Waals surface area contributed by atoms with E-state index in [1.165, 1.54) is 5.56 Å². The Morgan fingerprint density at radius 3 is 2.46 bits per heavy atom. The highest BCUT2D eigenvalue weighted by Gasteiger charge is 2.14. The first-order valence-corrected chi connectivity index (χ1v) is 8.05. The fourth-order valence-corrected chi connectivity index (χ4v) is 2.47. The lowest BCUT2D eigenvalue weighted by atomic mass is 10.1. The van der Waals surface area contributed by atoms with Gasteiger partial charge >= 0.3 is 0 Å². The van der Waals surface area contributed by atoms with Crippen LogP contribution in [0.15, 0.2) is 66.9 Å². The smallest absolute Gasteiger partial charge is 0.273 e. The predicted octanol–water partition coefficient (Wildman–Crippen LogP) is 3.02. The van der Waals surface area contributed by atoms with Crippen LogP contribution in [0, 0.1) is 0 Å². The lowest BCUT2D eigenvalue weighted by Gasteiger charge is -2.12. The van der Waals surface area contributed by atoms with E-state index in [9.17, 15) is 4.79 Å². The van der Waals surface area contributed by atoms with E-state index in [2.05, 4.69) is 27.8 Å². The van der Waals surface area contributed by atoms with E-state index in [4.69, 9.17) is 0 Å². The zero-order valence-electron chi connectivity index (χ0n) is 13.6. The molecule has 0 saturated heterocycles. The number of aromatic nitrogens is 3. The van der Waals surface area contributed by atoms with E-state index < -0.39 is 0 Å². The number of carbonyl (C=O) groups excluding carboxylic acids is 1. The van der Waals surface area contributed by atoms with Crippen LogP contribution in [0.3, 0.4) is 0 Å². The number of rotatable bonds is 6. The minimum absolute atomic E-state index is 0.0691. The zero-order valence-corrected chi connectivity index (χ0v) is 13.6. The highest BCUT2D eigenvalue weighted by atomic mass is 16.2. The van der Waals surface area contributed by atoms with E-state index in [1.807, 2.05) is 55.5 Å². The van der Waals surface area contributed by atoms with Gasteiger partial charge in [-0.3, -0.25) is 4.79 Å². The lowest BCUT2D eigenvalue weighted by molar-refractivity contribution is 0.0933. The second-order valence-electron chi connectivity index (χ2n) is 5.78. The Morgan fingerprint density at radius 2 is 1.75 bits per heavy atom. The zero-order chi connectivity index (χ0) is 16.8. The Morgan fingerprint density at radius 1 is 1.08 bits per heavy atom. The van der Waals surface area contributed by atoms with Gasteiger partial charge in [0.1, 0.15) is 0 Å². The van der Waals surface area contributed by atoms with E-state index in [-0.39, 0.29) is 11.9 Å². The van der Waals surface area contributed by atoms with Crippen LogP contribution < -0.4 is 5.32 Å². The predicted molar refractivity (Wildman–Crippen MR) is 93.1 cm³/mol. The molecule has 24 heavy (non-hydrogen) atoms. The van der Waals surface area contributed by atoms with Crippen LogP contribution in [-0.2, 0) is 6.42 Å². The maximum absolute atomic E-state index is 12.3. The first-order valence-electron chi connectivity index (χ1n) is 8.05. The summed E-state index contributed by atoms with van der Waals surface area (Å²) in [6.45, 7) is 2.00. The SMILES string of the molecule is CC(CCc1ccccc1)NC(=O)c1cn(-c2ccccc2)nn1. The van der Waals surface area contributed by atoms with E-state index >= 15 is 0 Å². The molecule has 0 aliphatic heterocycles. The van der Waals surface area contributed by atoms with Gasteiger partial charge in [0, 0.05) is 6.04 Å². The number of benzene rings is 2. The summed E-state index contributed by atoms with van der Waals surface area (Å²) in [5, 5.41) is 11.0. The molecule has 0 bridgehead atoms. The van der Waals surface area contributed by atoms with Crippen molar-refractivity contribution in [3.63, 3.8) is 0 Å². The molecule has 0 fully saturated rings. The number of carbonyl (C=O) groups is 1. The molecule has 5 heteroatoms. The molecule has 0 saturated carbocycles. The molecular weight excluding hydrogens is 300 g/mol. The number of hydrogen-bond donors (Lipinski definition) is 1. The highest BCUT2D eigenvalue weighted by molar-refractivity contribution is 5.92. The molecule has 0 spiro atoms. The molecular formula is C19H20N4O. The van der Waals surface area contributed by atoms with Crippen molar-refractivity contribution in [2.24, 2.45) is 0 Å². The first-order chi connectivity index (χ1) is 11.7. The van der Waals surface area contributed by atoms with Gasteiger partial charge < -0.3 is 5.32 Å². The van der Waals surface area contributed by atoms with Crippen LogP contribution in [0.25, 0.3) is 5.69 Å². The molecule has 3 aromatic rings. The van der Waals surface area contributed by atoms with Gasteiger partial charge in [-0.25, -0.2) is 4.68 Å². The largest absolute Gasteiger partial charge is 0.348 e. The Kier molecular flexibility index (Phi) is 5.01. The summed E-state index contributed by atoms with van der Waals surface area (Å²) >= 11 is 0. The summed E-state index contributed by atoms with van der Waals surface area (Å²) in [4.78, 5) is 12.3. The second kappa shape index (κ2) is 7.55. The van der Waals surface area contributed by atoms with Gasteiger partial charge in [-0.15, -0.1) is 5.10 Å². The number of hydrogen-bond acceptors (Lipinski definition) is 3. The third-order valence-electron chi connectivity index (χ3n) is 3.83. The van der Waals surface area contributed by atoms with E-state index in [0.29, 0.717) is 5.69 Å². The van der Waals surface area contributed by atoms with Crippen molar-refractivity contribution in [3.8, 4) is 5.69 Å². The van der Waals surface area contributed by atoms with Crippen molar-refractivity contribution < 1.29 is 4.79 Å². The molecule has 1 aromatic heterocycles. The molecule has 3 rings (SSSR count). The second-order valence-corrected chi connectivity index (χ2v) is 5.78. The van der Waals surface area contributed by atoms with Crippen molar-refractivity contribution in [2.75, 3.05) is 0 Å². The van der Waals surface area contributed by atoms with Crippen LogP contribution >= 0.6 is 0 Å². The van der Waals surface area contributed by atoms with Crippen molar-refractivity contribution in [1.29, 1.82) is 0 Å². The molecule has 5 nitrogen and oxygen atoms in total. The number of aryl methyl sites for hydroxylation is 1. The minimum Gasteiger partial charge on any atom is -0.348 e. The summed E-state index contributed by atoms with van der Waals surface area (Å²) in [6.07, 6.45) is 3.45. The Bertz CT molecular complexity index is 783. The first kappa shape index (κ1) is 15.9. The molecule has 1 unspecified atom stereocenters. The molecule has 0 aliphatic rings. The van der Waals surface area contributed by atoms with Gasteiger partial charge in [-0.05, 0) is 37.5 Å². The maximum Gasteiger partial charge on any atom is 0.273 e. The number of nitrogens with zero attached hydrogens (tertiary/aromatic N) is 3. The highest BCUT2D eigenvalue weighted by Crippen LogP contribution is 2.07. The van der Waals surface area contributed by atoms with Crippen LogP contribution in [0.4, 0.5) is 0 Å². The molecule has 1 atom stereocenters. The van der Waals surface area contributed by atoms with Gasteiger partial charge in [0.2, 0.25) is 0 Å². The molecule has 0 radical (unpaired) electrons. The van der Waals surface area contributed by atoms with Gasteiger partial charge in [-0.1, -0.05) is 53.7 Å².